The molecule has 0 aliphatic carbocycles. The van der Waals surface area contributed by atoms with E-state index < -0.39 is 12.1 Å². The van der Waals surface area contributed by atoms with Crippen LogP contribution in [0.5, 0.6) is 0 Å². The first-order valence-electron chi connectivity index (χ1n) is 4.05. The first kappa shape index (κ1) is 14.4. The summed E-state index contributed by atoms with van der Waals surface area (Å²) in [6, 6.07) is 12.1. The van der Waals surface area contributed by atoms with Crippen LogP contribution in [0.1, 0.15) is 0 Å². The van der Waals surface area contributed by atoms with Crippen LogP contribution in [0.25, 0.3) is 0 Å². The highest BCUT2D eigenvalue weighted by Gasteiger charge is 2.38. The number of carbonyl (C=O) groups is 1. The quantitative estimate of drug-likeness (QED) is 0.765. The maximum atomic E-state index is 10.6. The van der Waals surface area contributed by atoms with Crippen LogP contribution in [-0.4, -0.2) is 17.3 Å². The third-order valence-electron chi connectivity index (χ3n) is 1.11. The highest BCUT2D eigenvalue weighted by Crippen LogP contribution is 2.13. The van der Waals surface area contributed by atoms with Gasteiger partial charge in [-0.1, -0.05) is 36.4 Å². The lowest BCUT2D eigenvalue weighted by atomic mass is 10.5. The summed E-state index contributed by atoms with van der Waals surface area (Å²) in [6.07, 6.45) is -5.08. The van der Waals surface area contributed by atoms with Crippen molar-refractivity contribution in [3.63, 3.8) is 0 Å². The molecule has 0 aliphatic heterocycles. The Balaban J connectivity index is 0.000000293. The van der Waals surface area contributed by atoms with Gasteiger partial charge in [-0.25, -0.2) is 4.79 Å². The van der Waals surface area contributed by atoms with Crippen LogP contribution in [0, 0.1) is 0 Å². The molecule has 0 saturated carbocycles. The van der Waals surface area contributed by atoms with Crippen LogP contribution in [0.2, 0.25) is 0 Å². The predicted molar refractivity (Wildman–Crippen MR) is 55.6 cm³/mol. The van der Waals surface area contributed by atoms with Gasteiger partial charge in [0.25, 0.3) is 0 Å². The Labute approximate surface area is 94.3 Å². The monoisotopic (exact) mass is 250 g/mol. The van der Waals surface area contributed by atoms with Crippen LogP contribution in [0.4, 0.5) is 13.2 Å². The molecule has 1 aromatic heterocycles. The normalized spacial score (nSPS) is 9.44. The fourth-order valence-electron chi connectivity index (χ4n) is 0.483. The van der Waals surface area contributed by atoms with E-state index in [2.05, 4.69) is 0 Å². The molecule has 16 heavy (non-hydrogen) atoms. The van der Waals surface area contributed by atoms with Gasteiger partial charge in [0, 0.05) is 0 Å². The van der Waals surface area contributed by atoms with E-state index in [4.69, 9.17) is 9.90 Å². The summed E-state index contributed by atoms with van der Waals surface area (Å²) in [5, 5.41) is 11.2. The Hall–Kier alpha value is -1.56. The molecule has 0 fully saturated rings. The molecule has 1 aromatic rings. The van der Waals surface area contributed by atoms with Crippen molar-refractivity contribution in [2.45, 2.75) is 6.18 Å². The van der Waals surface area contributed by atoms with Crippen LogP contribution in [0.3, 0.4) is 0 Å². The minimum absolute atomic E-state index is 1.68. The molecule has 0 bridgehead atoms. The second-order valence-corrected chi connectivity index (χ2v) is 3.18. The van der Waals surface area contributed by atoms with Crippen LogP contribution in [-0.2, 0) is 4.79 Å². The zero-order chi connectivity index (χ0) is 12.4. The van der Waals surface area contributed by atoms with E-state index in [0.29, 0.717) is 0 Å². The molecular formula is C10H9F3O2S. The summed E-state index contributed by atoms with van der Waals surface area (Å²) in [6.45, 7) is 0. The van der Waals surface area contributed by atoms with Crippen molar-refractivity contribution < 1.29 is 23.1 Å². The van der Waals surface area contributed by atoms with E-state index in [0.717, 1.165) is 0 Å². The Bertz CT molecular complexity index is 284. The largest absolute Gasteiger partial charge is 0.490 e. The van der Waals surface area contributed by atoms with Crippen LogP contribution < -0.4 is 0 Å². The maximum absolute atomic E-state index is 10.6. The number of carboxylic acids is 1. The van der Waals surface area contributed by atoms with Crippen molar-refractivity contribution >= 4 is 17.3 Å². The topological polar surface area (TPSA) is 37.3 Å². The second-order valence-electron chi connectivity index (χ2n) is 2.37. The first-order chi connectivity index (χ1) is 7.44. The number of hydrogen-bond acceptors (Lipinski definition) is 2. The van der Waals surface area contributed by atoms with Gasteiger partial charge in [0.2, 0.25) is 0 Å². The van der Waals surface area contributed by atoms with Gasteiger partial charge in [0.05, 0.1) is 0 Å². The summed E-state index contributed by atoms with van der Waals surface area (Å²) in [7, 11) is 0. The lowest BCUT2D eigenvalue weighted by Crippen LogP contribution is -2.21. The molecule has 6 heteroatoms. The van der Waals surface area contributed by atoms with E-state index in [-0.39, 0.29) is 0 Å². The molecule has 1 rings (SSSR count). The minimum atomic E-state index is -5.08. The van der Waals surface area contributed by atoms with Crippen molar-refractivity contribution in [3.05, 3.63) is 47.2 Å². The predicted octanol–water partition coefficient (Wildman–Crippen LogP) is 3.51. The van der Waals surface area contributed by atoms with Crippen molar-refractivity contribution in [2.75, 3.05) is 0 Å². The minimum Gasteiger partial charge on any atom is -0.475 e. The zero-order valence-corrected chi connectivity index (χ0v) is 8.83. The Morgan fingerprint density at radius 3 is 1.56 bits per heavy atom. The number of halogens is 3. The van der Waals surface area contributed by atoms with E-state index in [1.54, 1.807) is 11.3 Å². The van der Waals surface area contributed by atoms with Gasteiger partial charge in [-0.15, -0.1) is 0 Å². The molecule has 0 amide bonds. The molecule has 0 aromatic carbocycles. The molecule has 1 N–H and O–H groups in total. The molecule has 0 atom stereocenters. The Morgan fingerprint density at radius 1 is 0.938 bits per heavy atom. The first-order valence-corrected chi connectivity index (χ1v) is 4.99. The van der Waals surface area contributed by atoms with Gasteiger partial charge in [0.15, 0.2) is 0 Å². The van der Waals surface area contributed by atoms with Gasteiger partial charge < -0.3 is 5.11 Å². The van der Waals surface area contributed by atoms with Crippen molar-refractivity contribution in [2.24, 2.45) is 0 Å². The molecule has 1 heterocycles. The van der Waals surface area contributed by atoms with Gasteiger partial charge in [0.1, 0.15) is 0 Å². The number of alkyl halides is 3. The summed E-state index contributed by atoms with van der Waals surface area (Å²) >= 11 is 1.68. The summed E-state index contributed by atoms with van der Waals surface area (Å²) in [4.78, 5) is 8.90. The smallest absolute Gasteiger partial charge is 0.475 e. The lowest BCUT2D eigenvalue weighted by Gasteiger charge is -1.93. The molecule has 0 spiro atoms. The average Bonchev–Trinajstić information content (AvgIpc) is 2.31. The van der Waals surface area contributed by atoms with E-state index >= 15 is 0 Å². The third-order valence-corrected chi connectivity index (χ3v) is 1.74. The summed E-state index contributed by atoms with van der Waals surface area (Å²) in [5.74, 6) is -2.76. The summed E-state index contributed by atoms with van der Waals surface area (Å²) in [5.41, 5.74) is 0. The van der Waals surface area contributed by atoms with Crippen molar-refractivity contribution in [3.8, 4) is 0 Å². The molecule has 0 unspecified atom stereocenters. The molecule has 0 saturated heterocycles. The van der Waals surface area contributed by atoms with E-state index in [1.165, 1.54) is 0 Å². The number of carboxylic acid groups (broad SMARTS) is 1. The van der Waals surface area contributed by atoms with Gasteiger partial charge >= 0.3 is 12.1 Å². The standard InChI is InChI=1S/C8H8S.C2HF3O2/c1-2-4-6-8-9-7-5-3-1;3-2(4,5)1(6)7/h1-8H;(H,6,7). The number of hydrogen-bond donors (Lipinski definition) is 1. The van der Waals surface area contributed by atoms with Gasteiger partial charge in [-0.2, -0.15) is 24.5 Å². The van der Waals surface area contributed by atoms with Crippen LogP contribution in [0.15, 0.2) is 47.2 Å². The Morgan fingerprint density at radius 2 is 1.25 bits per heavy atom. The number of aliphatic carboxylic acids is 1. The van der Waals surface area contributed by atoms with E-state index in [9.17, 15) is 13.2 Å². The van der Waals surface area contributed by atoms with Crippen LogP contribution >= 0.6 is 11.3 Å². The molecule has 0 radical (unpaired) electrons. The highest BCUT2D eigenvalue weighted by molar-refractivity contribution is 7.07. The molecule has 0 aliphatic rings. The van der Waals surface area contributed by atoms with Gasteiger partial charge in [-0.3, -0.25) is 0 Å². The van der Waals surface area contributed by atoms with Gasteiger partial charge in [-0.05, 0) is 10.8 Å². The van der Waals surface area contributed by atoms with Crippen molar-refractivity contribution in [1.29, 1.82) is 0 Å². The maximum Gasteiger partial charge on any atom is 0.490 e. The molecule has 88 valence electrons. The molecule has 2 nitrogen and oxygen atoms in total. The fourth-order valence-corrected chi connectivity index (χ4v) is 0.937. The second kappa shape index (κ2) is 7.70. The Kier molecular flexibility index (Phi) is 6.95. The zero-order valence-electron chi connectivity index (χ0n) is 8.02. The van der Waals surface area contributed by atoms with E-state index in [1.807, 2.05) is 47.2 Å². The number of rotatable bonds is 0. The van der Waals surface area contributed by atoms with Crippen molar-refractivity contribution in [1.82, 2.24) is 0 Å². The fraction of sp³-hybridized carbons (Fsp3) is 0.100. The molecular weight excluding hydrogens is 241 g/mol. The SMILES string of the molecule is O=C(O)C(F)(F)F.c1ccccsccc1. The average molecular weight is 250 g/mol. The summed E-state index contributed by atoms with van der Waals surface area (Å²) < 4.78 is 31.7. The third kappa shape index (κ3) is 9.01. The lowest BCUT2D eigenvalue weighted by molar-refractivity contribution is -0.192. The highest BCUT2D eigenvalue weighted by atomic mass is 32.1.